The number of halogens is 1. The van der Waals surface area contributed by atoms with Crippen molar-refractivity contribution in [2.24, 2.45) is 0 Å². The smallest absolute Gasteiger partial charge is 0.410 e. The van der Waals surface area contributed by atoms with E-state index in [1.54, 1.807) is 28.4 Å². The number of piperidine rings is 2. The zero-order chi connectivity index (χ0) is 30.4. The van der Waals surface area contributed by atoms with E-state index < -0.39 is 44.2 Å². The van der Waals surface area contributed by atoms with Crippen LogP contribution in [0.5, 0.6) is 0 Å². The summed E-state index contributed by atoms with van der Waals surface area (Å²) in [4.78, 5) is 36.1. The second-order valence-electron chi connectivity index (χ2n) is 12.9. The third kappa shape index (κ3) is 6.39. The average Bonchev–Trinajstić information content (AvgIpc) is 3.27. The fraction of sp³-hybridized carbons (Fsp3) is 0.714. The van der Waals surface area contributed by atoms with Gasteiger partial charge in [-0.05, 0) is 78.7 Å². The highest BCUT2D eigenvalue weighted by Gasteiger charge is 2.40. The highest BCUT2D eigenvalue weighted by atomic mass is 35.5. The maximum atomic E-state index is 13.4. The summed E-state index contributed by atoms with van der Waals surface area (Å²) >= 11 is 6.25. The lowest BCUT2D eigenvalue weighted by atomic mass is 10.00. The highest BCUT2D eigenvalue weighted by Crippen LogP contribution is 2.39. The summed E-state index contributed by atoms with van der Waals surface area (Å²) in [7, 11) is -3.51. The molecular formula is C28H41ClN6O6S. The van der Waals surface area contributed by atoms with E-state index in [2.05, 4.69) is 15.3 Å². The van der Waals surface area contributed by atoms with Crippen LogP contribution in [-0.4, -0.2) is 92.0 Å². The molecule has 3 fully saturated rings. The average molecular weight is 625 g/mol. The third-order valence-electron chi connectivity index (χ3n) is 8.58. The van der Waals surface area contributed by atoms with Gasteiger partial charge in [0.1, 0.15) is 16.3 Å². The molecule has 42 heavy (non-hydrogen) atoms. The van der Waals surface area contributed by atoms with Crippen molar-refractivity contribution < 1.29 is 23.1 Å². The number of aromatic nitrogens is 3. The van der Waals surface area contributed by atoms with Gasteiger partial charge in [-0.3, -0.25) is 9.36 Å². The number of pyridine rings is 1. The SMILES string of the molecule is CC(C)(C)OC(=O)N1CCC(S(=O)(=O)N2CCC(Nc3ncc4cc(Cl)c(=O)n([C@@H]5CCC[C@@]5(C)O)c4n3)CC2)CC1. The molecule has 0 bridgehead atoms. The molecule has 12 nitrogen and oxygen atoms in total. The summed E-state index contributed by atoms with van der Waals surface area (Å²) in [5.74, 6) is 0.339. The molecule has 2 aliphatic heterocycles. The van der Waals surface area contributed by atoms with Crippen LogP contribution in [0.15, 0.2) is 17.1 Å². The lowest BCUT2D eigenvalue weighted by molar-refractivity contribution is 0.0215. The van der Waals surface area contributed by atoms with Crippen LogP contribution in [0.1, 0.15) is 78.7 Å². The Morgan fingerprint density at radius 2 is 1.81 bits per heavy atom. The predicted molar refractivity (Wildman–Crippen MR) is 160 cm³/mol. The maximum Gasteiger partial charge on any atom is 0.410 e. The molecule has 4 heterocycles. The first-order valence-corrected chi connectivity index (χ1v) is 16.6. The minimum absolute atomic E-state index is 0.0509. The number of anilines is 1. The number of carbonyl (C=O) groups is 1. The van der Waals surface area contributed by atoms with Crippen molar-refractivity contribution in [2.75, 3.05) is 31.5 Å². The number of amides is 1. The first kappa shape index (κ1) is 31.0. The zero-order valence-electron chi connectivity index (χ0n) is 24.7. The number of carbonyl (C=O) groups excluding carboxylic acids is 1. The van der Waals surface area contributed by atoms with Crippen molar-refractivity contribution in [1.82, 2.24) is 23.7 Å². The minimum Gasteiger partial charge on any atom is -0.444 e. The van der Waals surface area contributed by atoms with Gasteiger partial charge in [-0.1, -0.05) is 11.6 Å². The van der Waals surface area contributed by atoms with Crippen molar-refractivity contribution in [3.63, 3.8) is 0 Å². The van der Waals surface area contributed by atoms with Crippen LogP contribution in [0, 0.1) is 0 Å². The van der Waals surface area contributed by atoms with Crippen LogP contribution < -0.4 is 10.9 Å². The number of aliphatic hydroxyl groups is 1. The summed E-state index contributed by atoms with van der Waals surface area (Å²) in [6.07, 6.45) is 5.12. The van der Waals surface area contributed by atoms with E-state index in [1.807, 2.05) is 20.8 Å². The predicted octanol–water partition coefficient (Wildman–Crippen LogP) is 3.53. The molecule has 1 amide bonds. The molecule has 2 atom stereocenters. The number of fused-ring (bicyclic) bond motifs is 1. The van der Waals surface area contributed by atoms with Gasteiger partial charge < -0.3 is 20.1 Å². The van der Waals surface area contributed by atoms with Crippen LogP contribution in [0.2, 0.25) is 5.02 Å². The second-order valence-corrected chi connectivity index (χ2v) is 15.6. The molecule has 2 saturated heterocycles. The number of rotatable bonds is 5. The normalized spacial score (nSPS) is 25.2. The Kier molecular flexibility index (Phi) is 8.51. The first-order valence-electron chi connectivity index (χ1n) is 14.7. The van der Waals surface area contributed by atoms with E-state index in [4.69, 9.17) is 16.3 Å². The second kappa shape index (κ2) is 11.5. The van der Waals surface area contributed by atoms with Gasteiger partial charge in [0, 0.05) is 43.8 Å². The largest absolute Gasteiger partial charge is 0.444 e. The van der Waals surface area contributed by atoms with Gasteiger partial charge in [-0.25, -0.2) is 22.5 Å². The fourth-order valence-electron chi connectivity index (χ4n) is 6.29. The Hall–Kier alpha value is -2.48. The molecule has 5 rings (SSSR count). The first-order chi connectivity index (χ1) is 19.7. The lowest BCUT2D eigenvalue weighted by Gasteiger charge is -2.37. The number of hydrogen-bond acceptors (Lipinski definition) is 9. The quantitative estimate of drug-likeness (QED) is 0.510. The topological polar surface area (TPSA) is 147 Å². The van der Waals surface area contributed by atoms with Crippen LogP contribution in [-0.2, 0) is 14.8 Å². The molecule has 0 spiro atoms. The van der Waals surface area contributed by atoms with E-state index >= 15 is 0 Å². The molecule has 14 heteroatoms. The van der Waals surface area contributed by atoms with Crippen LogP contribution >= 0.6 is 11.6 Å². The number of likely N-dealkylation sites (tertiary alicyclic amines) is 1. The van der Waals surface area contributed by atoms with Gasteiger partial charge in [-0.15, -0.1) is 0 Å². The number of nitrogens with one attached hydrogen (secondary N) is 1. The Morgan fingerprint density at radius 1 is 1.14 bits per heavy atom. The van der Waals surface area contributed by atoms with Gasteiger partial charge in [0.15, 0.2) is 0 Å². The van der Waals surface area contributed by atoms with Crippen molar-refractivity contribution >= 4 is 44.7 Å². The van der Waals surface area contributed by atoms with Crippen LogP contribution in [0.3, 0.4) is 0 Å². The summed E-state index contributed by atoms with van der Waals surface area (Å²) in [5, 5.41) is 14.4. The molecule has 0 radical (unpaired) electrons. The number of nitrogens with zero attached hydrogens (tertiary/aromatic N) is 5. The van der Waals surface area contributed by atoms with Gasteiger partial charge >= 0.3 is 6.09 Å². The minimum atomic E-state index is -3.51. The standard InChI is InChI=1S/C28H41ClN6O6S/c1-27(2,3)41-26(37)33-12-9-20(10-13-33)42(39,40)34-14-7-19(8-15-34)31-25-30-17-18-16-21(29)24(36)35(23(18)32-25)22-6-5-11-28(22,4)38/h16-17,19-20,22,38H,5-15H2,1-4H3,(H,30,31,32)/t22-,28-/m1/s1. The zero-order valence-corrected chi connectivity index (χ0v) is 26.2. The summed E-state index contributed by atoms with van der Waals surface area (Å²) in [6.45, 7) is 8.59. The Morgan fingerprint density at radius 3 is 2.40 bits per heavy atom. The van der Waals surface area contributed by atoms with Gasteiger partial charge in [-0.2, -0.15) is 4.98 Å². The van der Waals surface area contributed by atoms with Crippen molar-refractivity contribution in [2.45, 2.75) is 101 Å². The van der Waals surface area contributed by atoms with Crippen molar-refractivity contribution in [1.29, 1.82) is 0 Å². The number of ether oxygens (including phenoxy) is 1. The third-order valence-corrected chi connectivity index (χ3v) is 11.3. The lowest BCUT2D eigenvalue weighted by Crippen LogP contribution is -2.50. The van der Waals surface area contributed by atoms with Gasteiger partial charge in [0.05, 0.1) is 16.9 Å². The van der Waals surface area contributed by atoms with E-state index in [1.165, 1.54) is 4.57 Å². The molecule has 232 valence electrons. The summed E-state index contributed by atoms with van der Waals surface area (Å²) in [6, 6.07) is 1.05. The highest BCUT2D eigenvalue weighted by molar-refractivity contribution is 7.89. The summed E-state index contributed by atoms with van der Waals surface area (Å²) < 4.78 is 35.3. The number of hydrogen-bond donors (Lipinski definition) is 2. The van der Waals surface area contributed by atoms with Crippen molar-refractivity contribution in [3.05, 3.63) is 27.6 Å². The molecule has 2 aromatic heterocycles. The molecular weight excluding hydrogens is 584 g/mol. The van der Waals surface area contributed by atoms with Gasteiger partial charge in [0.2, 0.25) is 16.0 Å². The van der Waals surface area contributed by atoms with E-state index in [-0.39, 0.29) is 11.1 Å². The Balaban J connectivity index is 1.22. The molecule has 2 aromatic rings. The van der Waals surface area contributed by atoms with E-state index in [0.717, 1.165) is 6.42 Å². The van der Waals surface area contributed by atoms with Crippen LogP contribution in [0.4, 0.5) is 10.7 Å². The molecule has 1 saturated carbocycles. The molecule has 0 unspecified atom stereocenters. The molecule has 3 aliphatic rings. The molecule has 1 aliphatic carbocycles. The fourth-order valence-corrected chi connectivity index (χ4v) is 8.45. The van der Waals surface area contributed by atoms with E-state index in [0.29, 0.717) is 81.7 Å². The molecule has 0 aromatic carbocycles. The Bertz CT molecular complexity index is 1490. The monoisotopic (exact) mass is 624 g/mol. The van der Waals surface area contributed by atoms with Crippen molar-refractivity contribution in [3.8, 4) is 0 Å². The summed E-state index contributed by atoms with van der Waals surface area (Å²) in [5.41, 5.74) is -1.63. The van der Waals surface area contributed by atoms with E-state index in [9.17, 15) is 23.1 Å². The Labute approximate surface area is 251 Å². The molecule has 2 N–H and O–H groups in total. The van der Waals surface area contributed by atoms with Crippen LogP contribution in [0.25, 0.3) is 11.0 Å². The number of sulfonamides is 1. The van der Waals surface area contributed by atoms with Gasteiger partial charge in [0.25, 0.3) is 5.56 Å². The maximum absolute atomic E-state index is 13.4.